The van der Waals surface area contributed by atoms with Gasteiger partial charge in [0.2, 0.25) is 0 Å². The molecule has 2 heterocycles. The van der Waals surface area contributed by atoms with Gasteiger partial charge in [0.1, 0.15) is 11.4 Å². The van der Waals surface area contributed by atoms with Crippen LogP contribution in [0.15, 0.2) is 4.52 Å². The summed E-state index contributed by atoms with van der Waals surface area (Å²) in [5, 5.41) is 7.28. The Balaban J connectivity index is 2.24. The summed E-state index contributed by atoms with van der Waals surface area (Å²) in [5.74, 6) is 0.754. The van der Waals surface area contributed by atoms with Gasteiger partial charge in [-0.1, -0.05) is 5.16 Å². The molecule has 1 unspecified atom stereocenters. The third kappa shape index (κ3) is 3.12. The summed E-state index contributed by atoms with van der Waals surface area (Å²) in [5.41, 5.74) is 1.30. The van der Waals surface area contributed by atoms with Crippen LogP contribution >= 0.6 is 0 Å². The molecule has 1 saturated heterocycles. The molecule has 1 N–H and O–H groups in total. The van der Waals surface area contributed by atoms with Crippen LogP contribution in [0.2, 0.25) is 0 Å². The fraction of sp³-hybridized carbons (Fsp3) is 0.714. The Labute approximate surface area is 119 Å². The highest BCUT2D eigenvalue weighted by molar-refractivity contribution is 5.69. The molecule has 6 heteroatoms. The molecule has 0 aliphatic carbocycles. The average molecular weight is 281 g/mol. The molecule has 0 bridgehead atoms. The number of aryl methyl sites for hydroxylation is 2. The van der Waals surface area contributed by atoms with E-state index in [2.05, 4.69) is 10.5 Å². The van der Waals surface area contributed by atoms with E-state index in [-0.39, 0.29) is 12.1 Å². The van der Waals surface area contributed by atoms with E-state index < -0.39 is 5.60 Å². The first-order chi connectivity index (χ1) is 9.29. The van der Waals surface area contributed by atoms with Crippen LogP contribution in [0.25, 0.3) is 0 Å². The monoisotopic (exact) mass is 281 g/mol. The molecule has 20 heavy (non-hydrogen) atoms. The van der Waals surface area contributed by atoms with E-state index in [0.717, 1.165) is 23.6 Å². The summed E-state index contributed by atoms with van der Waals surface area (Å²) in [6.45, 7) is 11.4. The van der Waals surface area contributed by atoms with Crippen molar-refractivity contribution >= 4 is 6.09 Å². The molecular weight excluding hydrogens is 258 g/mol. The molecule has 1 amide bonds. The van der Waals surface area contributed by atoms with Crippen molar-refractivity contribution < 1.29 is 14.1 Å². The van der Waals surface area contributed by atoms with E-state index in [4.69, 9.17) is 9.26 Å². The number of carbonyl (C=O) groups is 1. The molecule has 1 aromatic rings. The molecule has 0 radical (unpaired) electrons. The van der Waals surface area contributed by atoms with Crippen LogP contribution in [0.3, 0.4) is 0 Å². The van der Waals surface area contributed by atoms with Gasteiger partial charge in [0.15, 0.2) is 0 Å². The Morgan fingerprint density at radius 2 is 2.15 bits per heavy atom. The second-order valence-corrected chi connectivity index (χ2v) is 6.13. The number of hydrogen-bond acceptors (Lipinski definition) is 5. The minimum absolute atomic E-state index is 0.0927. The van der Waals surface area contributed by atoms with Crippen molar-refractivity contribution in [1.82, 2.24) is 15.4 Å². The predicted octanol–water partition coefficient (Wildman–Crippen LogP) is 2.17. The highest BCUT2D eigenvalue weighted by Gasteiger charge is 2.34. The van der Waals surface area contributed by atoms with Gasteiger partial charge in [0.05, 0.1) is 11.7 Å². The zero-order valence-electron chi connectivity index (χ0n) is 12.8. The fourth-order valence-corrected chi connectivity index (χ4v) is 2.47. The average Bonchev–Trinajstić information content (AvgIpc) is 2.67. The number of aromatic nitrogens is 1. The van der Waals surface area contributed by atoms with Crippen LogP contribution in [0.5, 0.6) is 0 Å². The number of amides is 1. The number of hydrogen-bond donors (Lipinski definition) is 1. The van der Waals surface area contributed by atoms with Crippen LogP contribution in [-0.2, 0) is 4.74 Å². The van der Waals surface area contributed by atoms with E-state index in [1.807, 2.05) is 34.6 Å². The number of nitrogens with one attached hydrogen (secondary N) is 1. The number of rotatable bonds is 1. The van der Waals surface area contributed by atoms with Gasteiger partial charge in [-0.15, -0.1) is 0 Å². The lowest BCUT2D eigenvalue weighted by molar-refractivity contribution is 0.0116. The predicted molar refractivity (Wildman–Crippen MR) is 74.5 cm³/mol. The van der Waals surface area contributed by atoms with Crippen LogP contribution in [0, 0.1) is 13.8 Å². The van der Waals surface area contributed by atoms with Crippen LogP contribution in [-0.4, -0.2) is 41.4 Å². The number of piperazine rings is 1. The zero-order chi connectivity index (χ0) is 14.9. The third-order valence-corrected chi connectivity index (χ3v) is 3.29. The minimum atomic E-state index is -0.495. The van der Waals surface area contributed by atoms with Gasteiger partial charge in [-0.3, -0.25) is 4.90 Å². The first kappa shape index (κ1) is 14.8. The van der Waals surface area contributed by atoms with Crippen LogP contribution in [0.1, 0.15) is 43.8 Å². The second kappa shape index (κ2) is 5.44. The van der Waals surface area contributed by atoms with Gasteiger partial charge in [0, 0.05) is 25.2 Å². The molecule has 1 aromatic heterocycles. The van der Waals surface area contributed by atoms with Crippen LogP contribution in [0.4, 0.5) is 4.79 Å². The molecule has 2 rings (SSSR count). The number of ether oxygens (including phenoxy) is 1. The quantitative estimate of drug-likeness (QED) is 0.854. The third-order valence-electron chi connectivity index (χ3n) is 3.29. The van der Waals surface area contributed by atoms with Gasteiger partial charge in [-0.25, -0.2) is 4.79 Å². The molecule has 0 spiro atoms. The summed E-state index contributed by atoms with van der Waals surface area (Å²) < 4.78 is 10.7. The van der Waals surface area contributed by atoms with Gasteiger partial charge >= 0.3 is 6.09 Å². The van der Waals surface area contributed by atoms with Crippen molar-refractivity contribution in [2.24, 2.45) is 0 Å². The first-order valence-electron chi connectivity index (χ1n) is 6.92. The van der Waals surface area contributed by atoms with Crippen molar-refractivity contribution in [2.75, 3.05) is 19.6 Å². The second-order valence-electron chi connectivity index (χ2n) is 6.13. The molecule has 1 aliphatic rings. The normalized spacial score (nSPS) is 20.1. The highest BCUT2D eigenvalue weighted by Crippen LogP contribution is 2.29. The lowest BCUT2D eigenvalue weighted by atomic mass is 10.0. The topological polar surface area (TPSA) is 67.6 Å². The maximum Gasteiger partial charge on any atom is 0.410 e. The molecule has 1 fully saturated rings. The highest BCUT2D eigenvalue weighted by atomic mass is 16.6. The fourth-order valence-electron chi connectivity index (χ4n) is 2.47. The number of carbonyl (C=O) groups excluding carboxylic acids is 1. The number of nitrogens with zero attached hydrogens (tertiary/aromatic N) is 2. The standard InChI is InChI=1S/C14H23N3O3/c1-9-12(10(2)20-16-9)11-8-15-6-7-17(11)13(18)19-14(3,4)5/h11,15H,6-8H2,1-5H3. The largest absolute Gasteiger partial charge is 0.444 e. The summed E-state index contributed by atoms with van der Waals surface area (Å²) in [7, 11) is 0. The van der Waals surface area contributed by atoms with E-state index in [1.54, 1.807) is 4.90 Å². The summed E-state index contributed by atoms with van der Waals surface area (Å²) >= 11 is 0. The maximum absolute atomic E-state index is 12.4. The molecule has 112 valence electrons. The Morgan fingerprint density at radius 3 is 2.70 bits per heavy atom. The summed E-state index contributed by atoms with van der Waals surface area (Å²) in [6, 6.07) is -0.0927. The first-order valence-corrected chi connectivity index (χ1v) is 6.92. The molecule has 1 aliphatic heterocycles. The van der Waals surface area contributed by atoms with Crippen LogP contribution < -0.4 is 5.32 Å². The lowest BCUT2D eigenvalue weighted by Gasteiger charge is -2.37. The molecule has 0 aromatic carbocycles. The van der Waals surface area contributed by atoms with E-state index in [1.165, 1.54) is 0 Å². The lowest BCUT2D eigenvalue weighted by Crippen LogP contribution is -2.50. The van der Waals surface area contributed by atoms with E-state index >= 15 is 0 Å². The van der Waals surface area contributed by atoms with Crippen molar-refractivity contribution in [2.45, 2.75) is 46.3 Å². The summed E-state index contributed by atoms with van der Waals surface area (Å²) in [6.07, 6.45) is -0.288. The van der Waals surface area contributed by atoms with Gasteiger partial charge < -0.3 is 14.6 Å². The van der Waals surface area contributed by atoms with E-state index in [0.29, 0.717) is 13.1 Å². The Hall–Kier alpha value is -1.56. The Bertz CT molecular complexity index is 471. The van der Waals surface area contributed by atoms with Gasteiger partial charge in [-0.2, -0.15) is 0 Å². The van der Waals surface area contributed by atoms with Gasteiger partial charge in [-0.05, 0) is 34.6 Å². The SMILES string of the molecule is Cc1noc(C)c1C1CNCCN1C(=O)OC(C)(C)C. The van der Waals surface area contributed by atoms with Crippen molar-refractivity contribution in [3.8, 4) is 0 Å². The Kier molecular flexibility index (Phi) is 4.04. The molecule has 1 atom stereocenters. The van der Waals surface area contributed by atoms with Crippen molar-refractivity contribution in [1.29, 1.82) is 0 Å². The maximum atomic E-state index is 12.4. The summed E-state index contributed by atoms with van der Waals surface area (Å²) in [4.78, 5) is 14.1. The van der Waals surface area contributed by atoms with Crippen molar-refractivity contribution in [3.05, 3.63) is 17.0 Å². The van der Waals surface area contributed by atoms with Crippen molar-refractivity contribution in [3.63, 3.8) is 0 Å². The molecule has 0 saturated carbocycles. The smallest absolute Gasteiger partial charge is 0.410 e. The molecular formula is C14H23N3O3. The minimum Gasteiger partial charge on any atom is -0.444 e. The Morgan fingerprint density at radius 1 is 1.45 bits per heavy atom. The molecule has 6 nitrogen and oxygen atoms in total. The zero-order valence-corrected chi connectivity index (χ0v) is 12.8. The van der Waals surface area contributed by atoms with Gasteiger partial charge in [0.25, 0.3) is 0 Å². The van der Waals surface area contributed by atoms with E-state index in [9.17, 15) is 4.79 Å².